The zero-order valence-corrected chi connectivity index (χ0v) is 25.1. The Bertz CT molecular complexity index is 1890. The number of nitrogens with one attached hydrogen (secondary N) is 1. The van der Waals surface area contributed by atoms with Crippen molar-refractivity contribution >= 4 is 28.3 Å². The van der Waals surface area contributed by atoms with Crippen molar-refractivity contribution < 1.29 is 18.7 Å². The Hall–Kier alpha value is -4.80. The predicted molar refractivity (Wildman–Crippen MR) is 167 cm³/mol. The first-order valence-corrected chi connectivity index (χ1v) is 14.7. The minimum Gasteiger partial charge on any atom is -0.507 e. The van der Waals surface area contributed by atoms with E-state index in [0.29, 0.717) is 43.0 Å². The number of pyridine rings is 1. The lowest BCUT2D eigenvalue weighted by Gasteiger charge is -2.46. The third kappa shape index (κ3) is 4.49. The molecular formula is C33H34F2N6O3. The number of benzene rings is 2. The molecule has 2 aromatic carbocycles. The molecular weight excluding hydrogens is 566 g/mol. The van der Waals surface area contributed by atoms with Gasteiger partial charge in [0.15, 0.2) is 11.6 Å². The van der Waals surface area contributed by atoms with Crippen LogP contribution in [-0.2, 0) is 4.79 Å². The van der Waals surface area contributed by atoms with Crippen molar-refractivity contribution in [3.05, 3.63) is 82.6 Å². The van der Waals surface area contributed by atoms with Gasteiger partial charge in [0.2, 0.25) is 5.91 Å². The second-order valence-electron chi connectivity index (χ2n) is 11.8. The van der Waals surface area contributed by atoms with Crippen LogP contribution < -0.4 is 15.9 Å². The lowest BCUT2D eigenvalue weighted by Crippen LogP contribution is -2.60. The first-order chi connectivity index (χ1) is 21.0. The van der Waals surface area contributed by atoms with E-state index >= 15 is 8.78 Å². The van der Waals surface area contributed by atoms with Crippen LogP contribution in [0.3, 0.4) is 0 Å². The molecule has 2 aromatic heterocycles. The van der Waals surface area contributed by atoms with Gasteiger partial charge in [-0.05, 0) is 50.0 Å². The summed E-state index contributed by atoms with van der Waals surface area (Å²) in [6.07, 6.45) is 3.39. The van der Waals surface area contributed by atoms with E-state index in [1.807, 2.05) is 25.7 Å². The average molecular weight is 601 g/mol. The second-order valence-corrected chi connectivity index (χ2v) is 11.8. The average Bonchev–Trinajstić information content (AvgIpc) is 2.98. The molecule has 228 valence electrons. The molecule has 2 unspecified atom stereocenters. The van der Waals surface area contributed by atoms with Gasteiger partial charge in [0.05, 0.1) is 28.0 Å². The summed E-state index contributed by atoms with van der Waals surface area (Å²) in [6.45, 7) is 12.1. The number of halogens is 2. The summed E-state index contributed by atoms with van der Waals surface area (Å²) < 4.78 is 35.0. The van der Waals surface area contributed by atoms with Gasteiger partial charge in [-0.15, -0.1) is 0 Å². The smallest absolute Gasteiger partial charge is 0.354 e. The molecule has 0 saturated carbocycles. The number of carbonyl (C=O) groups excluding carboxylic acids is 1. The molecule has 2 N–H and O–H groups in total. The molecule has 6 rings (SSSR count). The van der Waals surface area contributed by atoms with Crippen LogP contribution in [0.25, 0.3) is 27.7 Å². The molecule has 2 aliphatic heterocycles. The first-order valence-electron chi connectivity index (χ1n) is 14.7. The Morgan fingerprint density at radius 2 is 1.93 bits per heavy atom. The van der Waals surface area contributed by atoms with Crippen molar-refractivity contribution in [3.63, 3.8) is 0 Å². The molecule has 1 saturated heterocycles. The van der Waals surface area contributed by atoms with E-state index in [2.05, 4.69) is 21.9 Å². The number of aromatic nitrogens is 3. The number of para-hydroxylation sites is 1. The van der Waals surface area contributed by atoms with Gasteiger partial charge in [0.25, 0.3) is 0 Å². The first kappa shape index (κ1) is 29.3. The summed E-state index contributed by atoms with van der Waals surface area (Å²) in [7, 11) is 0. The van der Waals surface area contributed by atoms with Gasteiger partial charge in [0.1, 0.15) is 17.1 Å². The maximum absolute atomic E-state index is 17.2. The van der Waals surface area contributed by atoms with Gasteiger partial charge in [0, 0.05) is 43.5 Å². The number of phenolic OH excluding ortho intramolecular Hbond substituents is 1. The van der Waals surface area contributed by atoms with Crippen LogP contribution in [0, 0.1) is 18.6 Å². The molecule has 0 aliphatic carbocycles. The zero-order valence-electron chi connectivity index (χ0n) is 25.1. The Morgan fingerprint density at radius 3 is 2.64 bits per heavy atom. The van der Waals surface area contributed by atoms with E-state index in [-0.39, 0.29) is 57.6 Å². The number of phenols is 1. The Kier molecular flexibility index (Phi) is 7.35. The molecule has 2 atom stereocenters. The van der Waals surface area contributed by atoms with Gasteiger partial charge in [-0.1, -0.05) is 38.6 Å². The van der Waals surface area contributed by atoms with Crippen LogP contribution in [0.1, 0.15) is 44.4 Å². The monoisotopic (exact) mass is 600 g/mol. The molecule has 0 bridgehead atoms. The lowest BCUT2D eigenvalue weighted by molar-refractivity contribution is -0.128. The van der Waals surface area contributed by atoms with Crippen molar-refractivity contribution in [1.29, 1.82) is 0 Å². The second kappa shape index (κ2) is 11.0. The number of piperazine rings is 1. The summed E-state index contributed by atoms with van der Waals surface area (Å²) in [6, 6.07) is 7.11. The van der Waals surface area contributed by atoms with Gasteiger partial charge < -0.3 is 20.2 Å². The van der Waals surface area contributed by atoms with Crippen LogP contribution in [0.15, 0.2) is 54.0 Å². The van der Waals surface area contributed by atoms with Gasteiger partial charge >= 0.3 is 5.69 Å². The minimum absolute atomic E-state index is 0.0146. The number of nitrogens with zero attached hydrogens (tertiary/aromatic N) is 5. The molecule has 1 fully saturated rings. The topological polar surface area (TPSA) is 104 Å². The molecule has 9 nitrogen and oxygen atoms in total. The van der Waals surface area contributed by atoms with Crippen LogP contribution in [0.2, 0.25) is 0 Å². The van der Waals surface area contributed by atoms with Crippen molar-refractivity contribution in [2.45, 2.75) is 52.1 Å². The van der Waals surface area contributed by atoms with E-state index < -0.39 is 22.9 Å². The van der Waals surface area contributed by atoms with E-state index in [1.54, 1.807) is 36.2 Å². The Labute approximate surface area is 253 Å². The van der Waals surface area contributed by atoms with Crippen molar-refractivity contribution in [3.8, 4) is 22.6 Å². The normalized spacial score (nSPS) is 18.1. The molecule has 2 aliphatic rings. The standard InChI is InChI=1S/C33H34F2N6O3/c1-6-23(43)39-16-20-12-14-37-29-25-31(27(35)24(26(29)34)21-9-7-8-10-22(21)42)41(30-18(4)11-13-36-28(30)17(2)3)33(44)38-32(25)40(20)15-19(39)5/h6-11,13,17,19-20,37,42H,1,12,14-16H2,2-5H3. The largest absolute Gasteiger partial charge is 0.507 e. The fourth-order valence-electron chi connectivity index (χ4n) is 6.52. The molecule has 44 heavy (non-hydrogen) atoms. The summed E-state index contributed by atoms with van der Waals surface area (Å²) in [5.74, 6) is -2.41. The highest BCUT2D eigenvalue weighted by Crippen LogP contribution is 2.45. The lowest BCUT2D eigenvalue weighted by atomic mass is 9.96. The summed E-state index contributed by atoms with van der Waals surface area (Å²) in [4.78, 5) is 39.5. The summed E-state index contributed by atoms with van der Waals surface area (Å²) in [5, 5.41) is 14.0. The number of hydrogen-bond donors (Lipinski definition) is 2. The number of aromatic hydroxyl groups is 1. The number of anilines is 2. The molecule has 1 amide bonds. The molecule has 4 aromatic rings. The van der Waals surface area contributed by atoms with E-state index in [9.17, 15) is 14.7 Å². The number of carbonyl (C=O) groups is 1. The van der Waals surface area contributed by atoms with E-state index in [1.165, 1.54) is 22.8 Å². The Morgan fingerprint density at radius 1 is 1.18 bits per heavy atom. The quantitative estimate of drug-likeness (QED) is 0.308. The van der Waals surface area contributed by atoms with E-state index in [4.69, 9.17) is 0 Å². The van der Waals surface area contributed by atoms with Crippen molar-refractivity contribution in [2.75, 3.05) is 29.9 Å². The number of amides is 1. The van der Waals surface area contributed by atoms with Crippen molar-refractivity contribution in [2.24, 2.45) is 0 Å². The van der Waals surface area contributed by atoms with Gasteiger partial charge in [-0.3, -0.25) is 14.3 Å². The minimum atomic E-state index is -1.01. The SMILES string of the molecule is C=CC(=O)N1CC2CCNc3c(F)c(-c4ccccc4O)c(F)c4c3c(nc(=O)n4-c3c(C)ccnc3C(C)C)N2CC1C. The summed E-state index contributed by atoms with van der Waals surface area (Å²) in [5.41, 5.74) is 0.165. The highest BCUT2D eigenvalue weighted by Gasteiger charge is 2.39. The Balaban J connectivity index is 1.76. The summed E-state index contributed by atoms with van der Waals surface area (Å²) >= 11 is 0. The fraction of sp³-hybridized carbons (Fsp3) is 0.333. The van der Waals surface area contributed by atoms with Crippen LogP contribution >= 0.6 is 0 Å². The number of aryl methyl sites for hydroxylation is 1. The maximum Gasteiger partial charge on any atom is 0.354 e. The molecule has 4 heterocycles. The fourth-order valence-corrected chi connectivity index (χ4v) is 6.52. The van der Waals surface area contributed by atoms with Crippen LogP contribution in [0.4, 0.5) is 20.3 Å². The number of rotatable bonds is 4. The molecule has 0 spiro atoms. The highest BCUT2D eigenvalue weighted by atomic mass is 19.1. The van der Waals surface area contributed by atoms with Gasteiger partial charge in [-0.25, -0.2) is 13.6 Å². The highest BCUT2D eigenvalue weighted by molar-refractivity contribution is 6.05. The van der Waals surface area contributed by atoms with E-state index in [0.717, 1.165) is 0 Å². The maximum atomic E-state index is 17.2. The van der Waals surface area contributed by atoms with Crippen LogP contribution in [0.5, 0.6) is 5.75 Å². The van der Waals surface area contributed by atoms with Gasteiger partial charge in [-0.2, -0.15) is 4.98 Å². The van der Waals surface area contributed by atoms with Crippen molar-refractivity contribution in [1.82, 2.24) is 19.4 Å². The third-order valence-corrected chi connectivity index (χ3v) is 8.64. The third-order valence-electron chi connectivity index (χ3n) is 8.64. The molecule has 0 radical (unpaired) electrons. The number of hydrogen-bond acceptors (Lipinski definition) is 7. The zero-order chi connectivity index (χ0) is 31.4. The predicted octanol–water partition coefficient (Wildman–Crippen LogP) is 5.27. The van der Waals surface area contributed by atoms with Crippen LogP contribution in [-0.4, -0.2) is 62.2 Å². The molecule has 11 heteroatoms. The number of fused-ring (bicyclic) bond motifs is 2.